The maximum atomic E-state index is 12.9. The van der Waals surface area contributed by atoms with Gasteiger partial charge < -0.3 is 19.1 Å². The molecule has 0 saturated carbocycles. The van der Waals surface area contributed by atoms with Crippen LogP contribution in [0.3, 0.4) is 0 Å². The monoisotopic (exact) mass is 370 g/mol. The molecule has 3 heterocycles. The SMILES string of the molecule is CCc1nc2ccccc2n1CCC(=O)N1C[C@@H]2COC[C@H](C1)N(C)C2=O. The summed E-state index contributed by atoms with van der Waals surface area (Å²) in [4.78, 5) is 33.7. The van der Waals surface area contributed by atoms with Crippen LogP contribution >= 0.6 is 0 Å². The zero-order valence-electron chi connectivity index (χ0n) is 15.9. The summed E-state index contributed by atoms with van der Waals surface area (Å²) >= 11 is 0. The predicted octanol–water partition coefficient (Wildman–Crippen LogP) is 1.30. The van der Waals surface area contributed by atoms with Crippen LogP contribution in [0.4, 0.5) is 0 Å². The summed E-state index contributed by atoms with van der Waals surface area (Å²) in [6.07, 6.45) is 1.24. The highest BCUT2D eigenvalue weighted by Gasteiger charge is 2.38. The Morgan fingerprint density at radius 2 is 2.07 bits per heavy atom. The van der Waals surface area contributed by atoms with E-state index in [1.54, 1.807) is 4.90 Å². The van der Waals surface area contributed by atoms with E-state index < -0.39 is 0 Å². The molecule has 0 spiro atoms. The van der Waals surface area contributed by atoms with Crippen LogP contribution < -0.4 is 0 Å². The second kappa shape index (κ2) is 7.31. The number of carbonyl (C=O) groups excluding carboxylic acids is 2. The molecule has 2 aromatic rings. The van der Waals surface area contributed by atoms with Crippen molar-refractivity contribution >= 4 is 22.8 Å². The normalized spacial score (nSPS) is 23.0. The Morgan fingerprint density at radius 3 is 2.89 bits per heavy atom. The molecule has 0 aliphatic carbocycles. The van der Waals surface area contributed by atoms with E-state index in [9.17, 15) is 9.59 Å². The number of likely N-dealkylation sites (N-methyl/N-ethyl adjacent to an activating group) is 1. The van der Waals surface area contributed by atoms with Gasteiger partial charge in [-0.2, -0.15) is 0 Å². The Labute approximate surface area is 158 Å². The molecule has 1 aromatic carbocycles. The van der Waals surface area contributed by atoms with Crippen molar-refractivity contribution < 1.29 is 14.3 Å². The lowest BCUT2D eigenvalue weighted by Crippen LogP contribution is -2.45. The molecular weight excluding hydrogens is 344 g/mol. The lowest BCUT2D eigenvalue weighted by Gasteiger charge is -2.29. The average molecular weight is 370 g/mol. The van der Waals surface area contributed by atoms with Gasteiger partial charge in [-0.3, -0.25) is 9.59 Å². The largest absolute Gasteiger partial charge is 0.378 e. The Kier molecular flexibility index (Phi) is 4.86. The maximum Gasteiger partial charge on any atom is 0.229 e. The van der Waals surface area contributed by atoms with Crippen molar-refractivity contribution in [1.82, 2.24) is 19.4 Å². The fourth-order valence-corrected chi connectivity index (χ4v) is 4.11. The number of aromatic nitrogens is 2. The van der Waals surface area contributed by atoms with E-state index in [1.165, 1.54) is 0 Å². The first kappa shape index (κ1) is 18.0. The number of rotatable bonds is 4. The predicted molar refractivity (Wildman–Crippen MR) is 101 cm³/mol. The number of nitrogens with zero attached hydrogens (tertiary/aromatic N) is 4. The fraction of sp³-hybridized carbons (Fsp3) is 0.550. The zero-order valence-corrected chi connectivity index (χ0v) is 15.9. The molecule has 7 heteroatoms. The molecule has 27 heavy (non-hydrogen) atoms. The van der Waals surface area contributed by atoms with Crippen LogP contribution in [0.1, 0.15) is 19.2 Å². The molecule has 2 saturated heterocycles. The van der Waals surface area contributed by atoms with Gasteiger partial charge >= 0.3 is 0 Å². The first-order chi connectivity index (χ1) is 13.1. The molecular formula is C20H26N4O3. The highest BCUT2D eigenvalue weighted by atomic mass is 16.5. The van der Waals surface area contributed by atoms with Crippen molar-refractivity contribution in [2.24, 2.45) is 5.92 Å². The number of imidazole rings is 1. The van der Waals surface area contributed by atoms with E-state index in [-0.39, 0.29) is 23.8 Å². The number of para-hydroxylation sites is 2. The van der Waals surface area contributed by atoms with Crippen LogP contribution in [0.15, 0.2) is 24.3 Å². The molecule has 2 atom stereocenters. The van der Waals surface area contributed by atoms with Gasteiger partial charge in [0.05, 0.1) is 36.2 Å². The van der Waals surface area contributed by atoms with Crippen molar-refractivity contribution in [2.45, 2.75) is 32.4 Å². The maximum absolute atomic E-state index is 12.9. The van der Waals surface area contributed by atoms with Gasteiger partial charge in [0.1, 0.15) is 5.82 Å². The van der Waals surface area contributed by atoms with Gasteiger partial charge in [-0.15, -0.1) is 0 Å². The molecule has 4 rings (SSSR count). The summed E-state index contributed by atoms with van der Waals surface area (Å²) < 4.78 is 7.76. The van der Waals surface area contributed by atoms with Crippen LogP contribution in [-0.4, -0.2) is 70.6 Å². The summed E-state index contributed by atoms with van der Waals surface area (Å²) in [6, 6.07) is 7.97. The van der Waals surface area contributed by atoms with Gasteiger partial charge in [0, 0.05) is 39.5 Å². The minimum absolute atomic E-state index is 0.0609. The Hall–Kier alpha value is -2.41. The third-order valence-corrected chi connectivity index (χ3v) is 5.70. The number of ether oxygens (including phenoxy) is 1. The van der Waals surface area contributed by atoms with E-state index >= 15 is 0 Å². The van der Waals surface area contributed by atoms with E-state index in [4.69, 9.17) is 4.74 Å². The summed E-state index contributed by atoms with van der Waals surface area (Å²) in [6.45, 7) is 4.57. The first-order valence-corrected chi connectivity index (χ1v) is 9.64. The van der Waals surface area contributed by atoms with Crippen molar-refractivity contribution in [3.63, 3.8) is 0 Å². The van der Waals surface area contributed by atoms with Gasteiger partial charge in [-0.1, -0.05) is 19.1 Å². The average Bonchev–Trinajstić information content (AvgIpc) is 2.90. The smallest absolute Gasteiger partial charge is 0.229 e. The number of aryl methyl sites for hydroxylation is 2. The van der Waals surface area contributed by atoms with Gasteiger partial charge in [0.15, 0.2) is 0 Å². The summed E-state index contributed by atoms with van der Waals surface area (Å²) in [5.74, 6) is 0.920. The molecule has 144 valence electrons. The third kappa shape index (κ3) is 3.32. The highest BCUT2D eigenvalue weighted by molar-refractivity contribution is 5.83. The number of hydrogen-bond acceptors (Lipinski definition) is 4. The van der Waals surface area contributed by atoms with E-state index in [1.807, 2.05) is 36.2 Å². The van der Waals surface area contributed by atoms with Gasteiger partial charge in [-0.05, 0) is 12.1 Å². The number of fused-ring (bicyclic) bond motifs is 4. The van der Waals surface area contributed by atoms with Crippen LogP contribution in [0, 0.1) is 5.92 Å². The lowest BCUT2D eigenvalue weighted by atomic mass is 10.1. The Balaban J connectivity index is 1.49. The molecule has 2 aliphatic rings. The second-order valence-corrected chi connectivity index (χ2v) is 7.41. The van der Waals surface area contributed by atoms with Crippen LogP contribution in [-0.2, 0) is 27.3 Å². The molecule has 0 unspecified atom stereocenters. The molecule has 2 amide bonds. The van der Waals surface area contributed by atoms with E-state index in [0.717, 1.165) is 23.3 Å². The molecule has 7 nitrogen and oxygen atoms in total. The molecule has 2 bridgehead atoms. The number of hydrogen-bond donors (Lipinski definition) is 0. The first-order valence-electron chi connectivity index (χ1n) is 9.64. The standard InChI is InChI=1S/C20H26N4O3/c1-3-18-21-16-6-4-5-7-17(16)24(18)9-8-19(25)23-10-14-12-27-13-15(11-23)22(2)20(14)26/h4-7,14-15H,3,8-13H2,1-2H3/t14-,15+/m1/s1. The minimum atomic E-state index is -0.258. The third-order valence-electron chi connectivity index (χ3n) is 5.70. The number of amides is 2. The minimum Gasteiger partial charge on any atom is -0.378 e. The molecule has 2 aliphatic heterocycles. The topological polar surface area (TPSA) is 67.7 Å². The van der Waals surface area contributed by atoms with Gasteiger partial charge in [0.2, 0.25) is 11.8 Å². The van der Waals surface area contributed by atoms with Crippen molar-refractivity contribution in [2.75, 3.05) is 33.4 Å². The van der Waals surface area contributed by atoms with Crippen LogP contribution in [0.2, 0.25) is 0 Å². The Morgan fingerprint density at radius 1 is 1.26 bits per heavy atom. The number of carbonyl (C=O) groups is 2. The van der Waals surface area contributed by atoms with Gasteiger partial charge in [0.25, 0.3) is 0 Å². The number of benzene rings is 1. The zero-order chi connectivity index (χ0) is 19.0. The lowest BCUT2D eigenvalue weighted by molar-refractivity contribution is -0.134. The van der Waals surface area contributed by atoms with E-state index in [0.29, 0.717) is 39.3 Å². The highest BCUT2D eigenvalue weighted by Crippen LogP contribution is 2.21. The van der Waals surface area contributed by atoms with E-state index in [2.05, 4.69) is 16.5 Å². The second-order valence-electron chi connectivity index (χ2n) is 7.41. The Bertz CT molecular complexity index is 862. The van der Waals surface area contributed by atoms with Gasteiger partial charge in [-0.25, -0.2) is 4.98 Å². The van der Waals surface area contributed by atoms with Crippen molar-refractivity contribution in [1.29, 1.82) is 0 Å². The molecule has 0 radical (unpaired) electrons. The molecule has 0 N–H and O–H groups in total. The summed E-state index contributed by atoms with van der Waals surface area (Å²) in [5, 5.41) is 0. The molecule has 1 aromatic heterocycles. The van der Waals surface area contributed by atoms with Crippen LogP contribution in [0.5, 0.6) is 0 Å². The fourth-order valence-electron chi connectivity index (χ4n) is 4.11. The van der Waals surface area contributed by atoms with Crippen molar-refractivity contribution in [3.05, 3.63) is 30.1 Å². The summed E-state index contributed by atoms with van der Waals surface area (Å²) in [7, 11) is 1.81. The quantitative estimate of drug-likeness (QED) is 0.814. The summed E-state index contributed by atoms with van der Waals surface area (Å²) in [5.41, 5.74) is 2.04. The van der Waals surface area contributed by atoms with Crippen molar-refractivity contribution in [3.8, 4) is 0 Å². The molecule has 2 fully saturated rings. The van der Waals surface area contributed by atoms with Crippen LogP contribution in [0.25, 0.3) is 11.0 Å².